The Morgan fingerprint density at radius 2 is 1.64 bits per heavy atom. The van der Waals surface area contributed by atoms with Crippen molar-refractivity contribution < 1.29 is 26.6 Å². The van der Waals surface area contributed by atoms with Gasteiger partial charge in [-0.05, 0) is 31.5 Å². The van der Waals surface area contributed by atoms with Crippen LogP contribution in [0.25, 0.3) is 0 Å². The lowest BCUT2D eigenvalue weighted by atomic mass is 10.2. The molecule has 0 bridgehead atoms. The van der Waals surface area contributed by atoms with E-state index < -0.39 is 36.9 Å². The summed E-state index contributed by atoms with van der Waals surface area (Å²) in [7, 11) is -7.89. The number of amides is 1. The number of sulfonamides is 2. The van der Waals surface area contributed by atoms with Gasteiger partial charge in [0.1, 0.15) is 0 Å². The summed E-state index contributed by atoms with van der Waals surface area (Å²) >= 11 is 0. The van der Waals surface area contributed by atoms with Crippen molar-refractivity contribution in [3.63, 3.8) is 0 Å². The van der Waals surface area contributed by atoms with E-state index in [2.05, 4.69) is 4.72 Å². The molecule has 1 heterocycles. The average molecular weight is 497 g/mol. The molecular formula is C20H24N4O7S2. The Morgan fingerprint density at radius 1 is 1.03 bits per heavy atom. The Hall–Kier alpha value is -2.87. The molecule has 0 saturated carbocycles. The molecular weight excluding hydrogens is 472 g/mol. The molecule has 13 heteroatoms. The predicted molar refractivity (Wildman–Crippen MR) is 119 cm³/mol. The van der Waals surface area contributed by atoms with Gasteiger partial charge in [0.05, 0.1) is 20.8 Å². The molecule has 33 heavy (non-hydrogen) atoms. The zero-order valence-electron chi connectivity index (χ0n) is 18.0. The number of nitro groups is 1. The molecule has 11 nitrogen and oxygen atoms in total. The molecule has 1 aliphatic heterocycles. The van der Waals surface area contributed by atoms with Crippen LogP contribution in [0.1, 0.15) is 12.5 Å². The van der Waals surface area contributed by atoms with E-state index in [1.165, 1.54) is 40.4 Å². The van der Waals surface area contributed by atoms with Gasteiger partial charge >= 0.3 is 0 Å². The lowest BCUT2D eigenvalue weighted by molar-refractivity contribution is -0.385. The van der Waals surface area contributed by atoms with Crippen molar-refractivity contribution >= 4 is 31.6 Å². The fourth-order valence-electron chi connectivity index (χ4n) is 3.49. The summed E-state index contributed by atoms with van der Waals surface area (Å²) in [4.78, 5) is 24.4. The van der Waals surface area contributed by atoms with E-state index in [4.69, 9.17) is 0 Å². The number of nitro benzene ring substituents is 1. The summed E-state index contributed by atoms with van der Waals surface area (Å²) < 4.78 is 54.5. The molecule has 2 aromatic carbocycles. The molecule has 0 radical (unpaired) electrons. The molecule has 178 valence electrons. The van der Waals surface area contributed by atoms with Crippen LogP contribution in [0.5, 0.6) is 0 Å². The number of aryl methyl sites for hydroxylation is 1. The number of piperazine rings is 1. The Balaban J connectivity index is 1.67. The maximum absolute atomic E-state index is 13.0. The summed E-state index contributed by atoms with van der Waals surface area (Å²) in [6, 6.07) is 10.3. The molecule has 1 saturated heterocycles. The highest BCUT2D eigenvalue weighted by molar-refractivity contribution is 7.89. The molecule has 0 unspecified atom stereocenters. The molecule has 0 aliphatic carbocycles. The first kappa shape index (κ1) is 24.8. The van der Waals surface area contributed by atoms with Gasteiger partial charge in [0, 0.05) is 38.3 Å². The normalized spacial score (nSPS) is 16.4. The number of rotatable bonds is 7. The summed E-state index contributed by atoms with van der Waals surface area (Å²) in [5, 5.41) is 11.0. The number of nitrogens with zero attached hydrogens (tertiary/aromatic N) is 3. The predicted octanol–water partition coefficient (Wildman–Crippen LogP) is 1.10. The van der Waals surface area contributed by atoms with Crippen LogP contribution in [0.3, 0.4) is 0 Å². The first-order valence-corrected chi connectivity index (χ1v) is 13.0. The maximum Gasteiger partial charge on any atom is 0.270 e. The van der Waals surface area contributed by atoms with E-state index in [0.29, 0.717) is 5.56 Å². The summed E-state index contributed by atoms with van der Waals surface area (Å²) in [5.41, 5.74) is 0.0514. The van der Waals surface area contributed by atoms with Crippen molar-refractivity contribution in [2.75, 3.05) is 26.2 Å². The van der Waals surface area contributed by atoms with Crippen molar-refractivity contribution in [2.24, 2.45) is 0 Å². The molecule has 3 rings (SSSR count). The zero-order valence-corrected chi connectivity index (χ0v) is 19.7. The highest BCUT2D eigenvalue weighted by Gasteiger charge is 2.34. The third-order valence-electron chi connectivity index (χ3n) is 5.31. The standard InChI is InChI=1S/C20H24N4O7S2/c1-15-8-9-17(24(26)27)14-19(15)33(30,31)23-12-10-22(11-13-23)20(25)16(2)21-32(28,29)18-6-4-3-5-7-18/h3-9,14,16,21H,10-13H2,1-2H3/t16-/m0/s1. The number of carbonyl (C=O) groups excluding carboxylic acids is 1. The zero-order chi connectivity index (χ0) is 24.4. The van der Waals surface area contributed by atoms with Gasteiger partial charge < -0.3 is 4.90 Å². The third kappa shape index (κ3) is 5.38. The van der Waals surface area contributed by atoms with E-state index in [1.807, 2.05) is 0 Å². The minimum atomic E-state index is -4.00. The SMILES string of the molecule is Cc1ccc([N+](=O)[O-])cc1S(=O)(=O)N1CCN(C(=O)[C@H](C)NS(=O)(=O)c2ccccc2)CC1. The Kier molecular flexibility index (Phi) is 7.17. The molecule has 1 aliphatic rings. The summed E-state index contributed by atoms with van der Waals surface area (Å²) in [6.07, 6.45) is 0. The van der Waals surface area contributed by atoms with Crippen molar-refractivity contribution in [3.05, 3.63) is 64.2 Å². The van der Waals surface area contributed by atoms with Gasteiger partial charge in [-0.1, -0.05) is 24.3 Å². The summed E-state index contributed by atoms with van der Waals surface area (Å²) in [6.45, 7) is 3.06. The lowest BCUT2D eigenvalue weighted by Crippen LogP contribution is -2.55. The third-order valence-corrected chi connectivity index (χ3v) is 8.90. The van der Waals surface area contributed by atoms with Crippen LogP contribution < -0.4 is 4.72 Å². The van der Waals surface area contributed by atoms with Crippen molar-refractivity contribution in [3.8, 4) is 0 Å². The number of benzene rings is 2. The molecule has 0 aromatic heterocycles. The average Bonchev–Trinajstić information content (AvgIpc) is 2.79. The Labute approximate surface area is 192 Å². The highest BCUT2D eigenvalue weighted by Crippen LogP contribution is 2.25. The lowest BCUT2D eigenvalue weighted by Gasteiger charge is -2.35. The van der Waals surface area contributed by atoms with Gasteiger partial charge in [-0.3, -0.25) is 14.9 Å². The number of hydrogen-bond donors (Lipinski definition) is 1. The molecule has 0 spiro atoms. The number of hydrogen-bond acceptors (Lipinski definition) is 7. The van der Waals surface area contributed by atoms with Crippen LogP contribution in [-0.2, 0) is 24.8 Å². The topological polar surface area (TPSA) is 147 Å². The molecule has 1 fully saturated rings. The minimum Gasteiger partial charge on any atom is -0.339 e. The van der Waals surface area contributed by atoms with E-state index in [9.17, 15) is 31.7 Å². The Morgan fingerprint density at radius 3 is 2.21 bits per heavy atom. The molecule has 1 atom stereocenters. The number of carbonyl (C=O) groups is 1. The van der Waals surface area contributed by atoms with Crippen LogP contribution in [0.2, 0.25) is 0 Å². The fourth-order valence-corrected chi connectivity index (χ4v) is 6.38. The minimum absolute atomic E-state index is 0.0195. The number of non-ortho nitro benzene ring substituents is 1. The largest absolute Gasteiger partial charge is 0.339 e. The summed E-state index contributed by atoms with van der Waals surface area (Å²) in [5.74, 6) is -0.474. The fraction of sp³-hybridized carbons (Fsp3) is 0.350. The van der Waals surface area contributed by atoms with Crippen LogP contribution in [0, 0.1) is 17.0 Å². The first-order chi connectivity index (χ1) is 15.4. The van der Waals surface area contributed by atoms with Gasteiger partial charge in [0.2, 0.25) is 26.0 Å². The van der Waals surface area contributed by atoms with Crippen molar-refractivity contribution in [2.45, 2.75) is 29.7 Å². The van der Waals surface area contributed by atoms with E-state index in [0.717, 1.165) is 6.07 Å². The Bertz CT molecular complexity index is 1260. The van der Waals surface area contributed by atoms with Crippen LogP contribution >= 0.6 is 0 Å². The van der Waals surface area contributed by atoms with Gasteiger partial charge in [-0.2, -0.15) is 9.03 Å². The van der Waals surface area contributed by atoms with Gasteiger partial charge in [-0.25, -0.2) is 16.8 Å². The molecule has 2 aromatic rings. The second-order valence-electron chi connectivity index (χ2n) is 7.59. The molecule has 1 N–H and O–H groups in total. The van der Waals surface area contributed by atoms with Gasteiger partial charge in [-0.15, -0.1) is 0 Å². The second-order valence-corrected chi connectivity index (χ2v) is 11.2. The quantitative estimate of drug-likeness (QED) is 0.446. The van der Waals surface area contributed by atoms with Crippen LogP contribution in [-0.4, -0.2) is 69.1 Å². The van der Waals surface area contributed by atoms with Crippen LogP contribution in [0.15, 0.2) is 58.3 Å². The monoisotopic (exact) mass is 496 g/mol. The van der Waals surface area contributed by atoms with Gasteiger partial charge in [0.15, 0.2) is 0 Å². The van der Waals surface area contributed by atoms with E-state index >= 15 is 0 Å². The molecule has 1 amide bonds. The van der Waals surface area contributed by atoms with E-state index in [1.54, 1.807) is 25.1 Å². The van der Waals surface area contributed by atoms with E-state index in [-0.39, 0.29) is 41.7 Å². The second kappa shape index (κ2) is 9.55. The van der Waals surface area contributed by atoms with Crippen LogP contribution in [0.4, 0.5) is 5.69 Å². The highest BCUT2D eigenvalue weighted by atomic mass is 32.2. The first-order valence-electron chi connectivity index (χ1n) is 10.0. The smallest absolute Gasteiger partial charge is 0.270 e. The maximum atomic E-state index is 13.0. The van der Waals surface area contributed by atoms with Crippen molar-refractivity contribution in [1.29, 1.82) is 0 Å². The number of nitrogens with one attached hydrogen (secondary N) is 1. The van der Waals surface area contributed by atoms with Gasteiger partial charge in [0.25, 0.3) is 5.69 Å². The van der Waals surface area contributed by atoms with Crippen molar-refractivity contribution in [1.82, 2.24) is 13.9 Å².